The lowest BCUT2D eigenvalue weighted by molar-refractivity contribution is 1.17. The van der Waals surface area contributed by atoms with Crippen molar-refractivity contribution in [2.75, 3.05) is 0 Å². The molecule has 3 aromatic carbocycles. The van der Waals surface area contributed by atoms with Crippen molar-refractivity contribution in [3.05, 3.63) is 83.5 Å². The molecule has 0 bridgehead atoms. The van der Waals surface area contributed by atoms with E-state index in [1.807, 2.05) is 0 Å². The summed E-state index contributed by atoms with van der Waals surface area (Å²) in [5.41, 5.74) is 22.2. The van der Waals surface area contributed by atoms with Crippen LogP contribution < -0.4 is 15.6 Å². The summed E-state index contributed by atoms with van der Waals surface area (Å²) in [5.74, 6) is 0. The Morgan fingerprint density at radius 1 is 0.229 bits per heavy atom. The highest BCUT2D eigenvalue weighted by Gasteiger charge is 2.43. The molecule has 0 aromatic heterocycles. The molecule has 3 rings (SSSR count). The van der Waals surface area contributed by atoms with Crippen LogP contribution in [0.2, 0.25) is 6.55 Å². The third kappa shape index (κ3) is 3.68. The first-order chi connectivity index (χ1) is 16.0. The molecule has 0 heterocycles. The van der Waals surface area contributed by atoms with Crippen molar-refractivity contribution in [1.29, 1.82) is 0 Å². The van der Waals surface area contributed by atoms with Crippen LogP contribution in [0.5, 0.6) is 0 Å². The van der Waals surface area contributed by atoms with Gasteiger partial charge in [0.05, 0.1) is 0 Å². The van der Waals surface area contributed by atoms with Crippen LogP contribution in [0.25, 0.3) is 0 Å². The Kier molecular flexibility index (Phi) is 7.12. The largest absolute Gasteiger partial charge is 0.147 e. The van der Waals surface area contributed by atoms with Crippen molar-refractivity contribution in [1.82, 2.24) is 0 Å². The lowest BCUT2D eigenvalue weighted by Gasteiger charge is -2.40. The number of rotatable bonds is 3. The fourth-order valence-electron chi connectivity index (χ4n) is 7.12. The monoisotopic (exact) mass is 484 g/mol. The first-order valence-corrected chi connectivity index (χ1v) is 15.8. The summed E-state index contributed by atoms with van der Waals surface area (Å²) in [4.78, 5) is 0. The molecule has 0 nitrogen and oxygen atoms in total. The average Bonchev–Trinajstić information content (AvgIpc) is 2.81. The van der Waals surface area contributed by atoms with Crippen LogP contribution in [0, 0.1) is 104 Å². The van der Waals surface area contributed by atoms with E-state index in [9.17, 15) is 0 Å². The molecule has 0 aliphatic rings. The molecule has 1 heteroatoms. The standard InChI is InChI=1S/C34H48Si/c1-17-20(4)26(10)32(27(11)21(17)5)35(16,33-28(12)22(6)18(2)23(7)29(33)13)34-30(14)24(8)19(3)25(9)31(34)15/h1-16H3. The predicted octanol–water partition coefficient (Wildman–Crippen LogP) is 7.41. The van der Waals surface area contributed by atoms with Crippen molar-refractivity contribution in [3.63, 3.8) is 0 Å². The van der Waals surface area contributed by atoms with E-state index in [-0.39, 0.29) is 0 Å². The van der Waals surface area contributed by atoms with E-state index in [0.717, 1.165) is 0 Å². The molecule has 3 aromatic rings. The van der Waals surface area contributed by atoms with Gasteiger partial charge in [-0.2, -0.15) is 0 Å². The van der Waals surface area contributed by atoms with Crippen LogP contribution in [0.4, 0.5) is 0 Å². The second-order valence-corrected chi connectivity index (χ2v) is 15.4. The van der Waals surface area contributed by atoms with Crippen LogP contribution >= 0.6 is 0 Å². The van der Waals surface area contributed by atoms with Gasteiger partial charge in [-0.3, -0.25) is 0 Å². The molecule has 0 saturated carbocycles. The van der Waals surface area contributed by atoms with E-state index in [1.165, 1.54) is 83.5 Å². The molecule has 0 aliphatic carbocycles. The summed E-state index contributed by atoms with van der Waals surface area (Å²) in [6.45, 7) is 38.0. The lowest BCUT2D eigenvalue weighted by Crippen LogP contribution is -2.69. The van der Waals surface area contributed by atoms with Crippen molar-refractivity contribution >= 4 is 23.6 Å². The molecule has 0 saturated heterocycles. The van der Waals surface area contributed by atoms with Crippen molar-refractivity contribution in [2.24, 2.45) is 0 Å². The van der Waals surface area contributed by atoms with Gasteiger partial charge in [-0.25, -0.2) is 0 Å². The summed E-state index contributed by atoms with van der Waals surface area (Å²) in [6, 6.07) is 0. The Morgan fingerprint density at radius 3 is 0.486 bits per heavy atom. The van der Waals surface area contributed by atoms with E-state index in [4.69, 9.17) is 0 Å². The maximum atomic E-state index is 2.67. The van der Waals surface area contributed by atoms with Gasteiger partial charge in [-0.05, 0) is 203 Å². The number of benzene rings is 3. The normalized spacial score (nSPS) is 12.0. The van der Waals surface area contributed by atoms with E-state index in [2.05, 4.69) is 110 Å². The molecule has 0 spiro atoms. The highest BCUT2D eigenvalue weighted by Crippen LogP contribution is 2.30. The maximum absolute atomic E-state index is 2.67. The van der Waals surface area contributed by atoms with Gasteiger partial charge in [-0.15, -0.1) is 0 Å². The molecule has 0 N–H and O–H groups in total. The third-order valence-corrected chi connectivity index (χ3v) is 15.8. The first kappa shape index (κ1) is 27.5. The van der Waals surface area contributed by atoms with Crippen molar-refractivity contribution < 1.29 is 0 Å². The lowest BCUT2D eigenvalue weighted by atomic mass is 9.94. The predicted molar refractivity (Wildman–Crippen MR) is 161 cm³/mol. The topological polar surface area (TPSA) is 0 Å². The minimum Gasteiger partial charge on any atom is -0.0575 e. The van der Waals surface area contributed by atoms with Gasteiger partial charge < -0.3 is 0 Å². The van der Waals surface area contributed by atoms with E-state index >= 15 is 0 Å². The van der Waals surface area contributed by atoms with Crippen LogP contribution in [0.1, 0.15) is 83.5 Å². The minimum atomic E-state index is -2.40. The van der Waals surface area contributed by atoms with E-state index in [1.54, 1.807) is 15.6 Å². The molecule has 0 radical (unpaired) electrons. The fourth-order valence-corrected chi connectivity index (χ4v) is 13.5. The van der Waals surface area contributed by atoms with Crippen LogP contribution in [0.3, 0.4) is 0 Å². The second kappa shape index (κ2) is 9.07. The minimum absolute atomic E-state index is 1.45. The van der Waals surface area contributed by atoms with Gasteiger partial charge in [0.25, 0.3) is 0 Å². The Bertz CT molecular complexity index is 1130. The Hall–Kier alpha value is -2.12. The number of hydrogen-bond acceptors (Lipinski definition) is 0. The summed E-state index contributed by atoms with van der Waals surface area (Å²) >= 11 is 0. The zero-order valence-corrected chi connectivity index (χ0v) is 26.5. The van der Waals surface area contributed by atoms with Crippen molar-refractivity contribution in [3.8, 4) is 0 Å². The van der Waals surface area contributed by atoms with Gasteiger partial charge in [0.2, 0.25) is 0 Å². The van der Waals surface area contributed by atoms with Gasteiger partial charge in [-0.1, -0.05) is 6.55 Å². The van der Waals surface area contributed by atoms with Crippen LogP contribution in [-0.2, 0) is 0 Å². The van der Waals surface area contributed by atoms with Gasteiger partial charge in [0, 0.05) is 0 Å². The highest BCUT2D eigenvalue weighted by atomic mass is 28.3. The summed E-state index contributed by atoms with van der Waals surface area (Å²) in [7, 11) is -2.40. The van der Waals surface area contributed by atoms with E-state index in [0.29, 0.717) is 0 Å². The van der Waals surface area contributed by atoms with Crippen LogP contribution in [0.15, 0.2) is 0 Å². The molecule has 0 atom stereocenters. The molecule has 188 valence electrons. The fraction of sp³-hybridized carbons (Fsp3) is 0.471. The smallest absolute Gasteiger partial charge is 0.0575 e. The molecule has 35 heavy (non-hydrogen) atoms. The summed E-state index contributed by atoms with van der Waals surface area (Å²) in [6.07, 6.45) is 0. The van der Waals surface area contributed by atoms with Crippen LogP contribution in [-0.4, -0.2) is 8.07 Å². The average molecular weight is 485 g/mol. The molecule has 0 aliphatic heterocycles. The number of hydrogen-bond donors (Lipinski definition) is 0. The zero-order valence-electron chi connectivity index (χ0n) is 25.5. The Morgan fingerprint density at radius 2 is 0.343 bits per heavy atom. The first-order valence-electron chi connectivity index (χ1n) is 13.2. The molecular weight excluding hydrogens is 436 g/mol. The zero-order chi connectivity index (χ0) is 26.9. The molecule has 0 fully saturated rings. The third-order valence-electron chi connectivity index (χ3n) is 10.5. The quantitative estimate of drug-likeness (QED) is 0.268. The molecule has 0 amide bonds. The Balaban J connectivity index is 2.78. The SMILES string of the molecule is Cc1c(C)c(C)c([Si](C)(c2c(C)c(C)c(C)c(C)c2C)c2c(C)c(C)c(C)c(C)c2C)c(C)c1C. The van der Waals surface area contributed by atoms with Gasteiger partial charge in [0.1, 0.15) is 8.07 Å². The van der Waals surface area contributed by atoms with Gasteiger partial charge >= 0.3 is 0 Å². The van der Waals surface area contributed by atoms with Gasteiger partial charge in [0.15, 0.2) is 0 Å². The molecule has 0 unspecified atom stereocenters. The highest BCUT2D eigenvalue weighted by molar-refractivity contribution is 7.12. The van der Waals surface area contributed by atoms with Crippen molar-refractivity contribution in [2.45, 2.75) is 110 Å². The van der Waals surface area contributed by atoms with E-state index < -0.39 is 8.07 Å². The second-order valence-electron chi connectivity index (χ2n) is 11.6. The summed E-state index contributed by atoms with van der Waals surface area (Å²) in [5, 5.41) is 4.92. The summed E-state index contributed by atoms with van der Waals surface area (Å²) < 4.78 is 0. The maximum Gasteiger partial charge on any atom is 0.147 e. The Labute approximate surface area is 217 Å². The molecular formula is C34H48Si.